The summed E-state index contributed by atoms with van der Waals surface area (Å²) in [4.78, 5) is 10.8. The number of methoxy groups -OCH3 is 1. The molecule has 0 N–H and O–H groups in total. The first-order valence-electron chi connectivity index (χ1n) is 4.52. The lowest BCUT2D eigenvalue weighted by molar-refractivity contribution is 0.111. The maximum Gasteiger partial charge on any atom is 0.150 e. The van der Waals surface area contributed by atoms with Crippen LogP contribution >= 0.6 is 11.8 Å². The van der Waals surface area contributed by atoms with E-state index in [0.717, 1.165) is 17.6 Å². The second-order valence-corrected chi connectivity index (χ2v) is 4.11. The molecule has 1 aromatic rings. The van der Waals surface area contributed by atoms with Crippen molar-refractivity contribution in [1.82, 2.24) is 0 Å². The van der Waals surface area contributed by atoms with E-state index in [4.69, 9.17) is 4.74 Å². The van der Waals surface area contributed by atoms with Gasteiger partial charge >= 0.3 is 0 Å². The molecule has 14 heavy (non-hydrogen) atoms. The number of carbonyl (C=O) groups excluding carboxylic acids is 1. The van der Waals surface area contributed by atoms with Gasteiger partial charge in [-0.1, -0.05) is 31.2 Å². The van der Waals surface area contributed by atoms with E-state index in [9.17, 15) is 4.79 Å². The number of benzene rings is 1. The third-order valence-electron chi connectivity index (χ3n) is 1.91. The normalized spacial score (nSPS) is 12.4. The second-order valence-electron chi connectivity index (χ2n) is 2.77. The van der Waals surface area contributed by atoms with E-state index in [1.54, 1.807) is 18.9 Å². The molecule has 0 saturated heterocycles. The van der Waals surface area contributed by atoms with E-state index < -0.39 is 0 Å². The number of ether oxygens (including phenoxy) is 1. The van der Waals surface area contributed by atoms with Crippen molar-refractivity contribution in [2.45, 2.75) is 12.4 Å². The molecule has 0 aliphatic rings. The van der Waals surface area contributed by atoms with E-state index in [1.165, 1.54) is 0 Å². The van der Waals surface area contributed by atoms with Gasteiger partial charge < -0.3 is 4.74 Å². The van der Waals surface area contributed by atoms with Crippen LogP contribution in [0.25, 0.3) is 0 Å². The van der Waals surface area contributed by atoms with Crippen LogP contribution in [0.3, 0.4) is 0 Å². The van der Waals surface area contributed by atoms with Crippen molar-refractivity contribution in [2.75, 3.05) is 12.9 Å². The Kier molecular flexibility index (Phi) is 4.70. The minimum absolute atomic E-state index is 0.0404. The van der Waals surface area contributed by atoms with Gasteiger partial charge in [-0.05, 0) is 5.75 Å². The maximum atomic E-state index is 10.8. The molecule has 0 aliphatic heterocycles. The molecule has 0 saturated carbocycles. The Morgan fingerprint density at radius 2 is 2.21 bits per heavy atom. The summed E-state index contributed by atoms with van der Waals surface area (Å²) in [7, 11) is 1.66. The van der Waals surface area contributed by atoms with Crippen molar-refractivity contribution in [2.24, 2.45) is 0 Å². The summed E-state index contributed by atoms with van der Waals surface area (Å²) in [6.07, 6.45) is 0.873. The molecule has 1 aromatic carbocycles. The fourth-order valence-corrected chi connectivity index (χ4v) is 2.10. The summed E-state index contributed by atoms with van der Waals surface area (Å²) in [5.41, 5.74) is 1.62. The van der Waals surface area contributed by atoms with Crippen molar-refractivity contribution in [3.05, 3.63) is 35.4 Å². The smallest absolute Gasteiger partial charge is 0.150 e. The van der Waals surface area contributed by atoms with Gasteiger partial charge in [0.25, 0.3) is 0 Å². The van der Waals surface area contributed by atoms with Crippen molar-refractivity contribution in [1.29, 1.82) is 0 Å². The predicted molar refractivity (Wildman–Crippen MR) is 59.7 cm³/mol. The minimum Gasteiger partial charge on any atom is -0.366 e. The van der Waals surface area contributed by atoms with Crippen LogP contribution in [0.5, 0.6) is 0 Å². The van der Waals surface area contributed by atoms with Crippen LogP contribution < -0.4 is 0 Å². The van der Waals surface area contributed by atoms with Crippen LogP contribution in [0.2, 0.25) is 0 Å². The molecule has 2 nitrogen and oxygen atoms in total. The summed E-state index contributed by atoms with van der Waals surface area (Å²) in [5.74, 6) is 0.964. The van der Waals surface area contributed by atoms with E-state index >= 15 is 0 Å². The molecule has 1 atom stereocenters. The van der Waals surface area contributed by atoms with Gasteiger partial charge in [-0.15, -0.1) is 11.8 Å². The first-order chi connectivity index (χ1) is 6.83. The Hall–Kier alpha value is -0.800. The highest BCUT2D eigenvalue weighted by molar-refractivity contribution is 7.99. The monoisotopic (exact) mass is 210 g/mol. The zero-order valence-corrected chi connectivity index (χ0v) is 9.21. The molecular weight excluding hydrogens is 196 g/mol. The SMILES string of the molecule is CCSC(OC)c1ccccc1C=O. The van der Waals surface area contributed by atoms with Crippen molar-refractivity contribution in [3.8, 4) is 0 Å². The first kappa shape index (κ1) is 11.3. The van der Waals surface area contributed by atoms with Crippen LogP contribution in [-0.2, 0) is 4.74 Å². The van der Waals surface area contributed by atoms with Gasteiger partial charge in [0.05, 0.1) is 0 Å². The van der Waals surface area contributed by atoms with E-state index in [-0.39, 0.29) is 5.44 Å². The molecule has 0 radical (unpaired) electrons. The fraction of sp³-hybridized carbons (Fsp3) is 0.364. The molecule has 0 aliphatic carbocycles. The lowest BCUT2D eigenvalue weighted by Gasteiger charge is -2.15. The molecule has 0 fully saturated rings. The number of carbonyl (C=O) groups is 1. The van der Waals surface area contributed by atoms with Gasteiger partial charge in [-0.3, -0.25) is 4.79 Å². The molecule has 1 rings (SSSR count). The highest BCUT2D eigenvalue weighted by Gasteiger charge is 2.13. The van der Waals surface area contributed by atoms with Crippen molar-refractivity contribution < 1.29 is 9.53 Å². The first-order valence-corrected chi connectivity index (χ1v) is 5.56. The molecule has 1 unspecified atom stereocenters. The molecular formula is C11H14O2S. The largest absolute Gasteiger partial charge is 0.366 e. The standard InChI is InChI=1S/C11H14O2S/c1-3-14-11(13-2)10-7-5-4-6-9(10)8-12/h4-8,11H,3H2,1-2H3. The van der Waals surface area contributed by atoms with Crippen LogP contribution in [0, 0.1) is 0 Å². The quantitative estimate of drug-likeness (QED) is 0.552. The fourth-order valence-electron chi connectivity index (χ4n) is 1.27. The van der Waals surface area contributed by atoms with Crippen LogP contribution in [-0.4, -0.2) is 19.1 Å². The number of hydrogen-bond acceptors (Lipinski definition) is 3. The number of rotatable bonds is 5. The van der Waals surface area contributed by atoms with Crippen LogP contribution in [0.15, 0.2) is 24.3 Å². The molecule has 3 heteroatoms. The predicted octanol–water partition coefficient (Wildman–Crippen LogP) is 2.90. The van der Waals surface area contributed by atoms with E-state index in [1.807, 2.05) is 24.3 Å². The molecule has 0 heterocycles. The summed E-state index contributed by atoms with van der Waals surface area (Å²) >= 11 is 1.68. The third-order valence-corrected chi connectivity index (χ3v) is 2.99. The number of thioether (sulfide) groups is 1. The summed E-state index contributed by atoms with van der Waals surface area (Å²) in [6.45, 7) is 2.07. The van der Waals surface area contributed by atoms with E-state index in [2.05, 4.69) is 6.92 Å². The summed E-state index contributed by atoms with van der Waals surface area (Å²) in [6, 6.07) is 7.52. The summed E-state index contributed by atoms with van der Waals surface area (Å²) in [5, 5.41) is 0. The third kappa shape index (κ3) is 2.59. The van der Waals surface area contributed by atoms with Crippen LogP contribution in [0.4, 0.5) is 0 Å². The highest BCUT2D eigenvalue weighted by atomic mass is 32.2. The minimum atomic E-state index is -0.0404. The van der Waals surface area contributed by atoms with Gasteiger partial charge in [-0.25, -0.2) is 0 Å². The number of hydrogen-bond donors (Lipinski definition) is 0. The molecule has 0 bridgehead atoms. The average Bonchev–Trinajstić information content (AvgIpc) is 2.26. The van der Waals surface area contributed by atoms with Crippen LogP contribution in [0.1, 0.15) is 28.3 Å². The molecule has 0 aromatic heterocycles. The lowest BCUT2D eigenvalue weighted by Crippen LogP contribution is -2.01. The van der Waals surface area contributed by atoms with Gasteiger partial charge in [0, 0.05) is 18.2 Å². The molecule has 76 valence electrons. The van der Waals surface area contributed by atoms with Crippen molar-refractivity contribution in [3.63, 3.8) is 0 Å². The van der Waals surface area contributed by atoms with E-state index in [0.29, 0.717) is 5.56 Å². The van der Waals surface area contributed by atoms with Crippen molar-refractivity contribution >= 4 is 18.0 Å². The van der Waals surface area contributed by atoms with Gasteiger partial charge in [-0.2, -0.15) is 0 Å². The zero-order valence-electron chi connectivity index (χ0n) is 8.40. The van der Waals surface area contributed by atoms with Gasteiger partial charge in [0.15, 0.2) is 0 Å². The Labute approximate surface area is 88.7 Å². The molecule has 0 amide bonds. The van der Waals surface area contributed by atoms with Gasteiger partial charge in [0.1, 0.15) is 11.7 Å². The average molecular weight is 210 g/mol. The highest BCUT2D eigenvalue weighted by Crippen LogP contribution is 2.30. The Morgan fingerprint density at radius 3 is 2.79 bits per heavy atom. The second kappa shape index (κ2) is 5.83. The topological polar surface area (TPSA) is 26.3 Å². The lowest BCUT2D eigenvalue weighted by atomic mass is 10.1. The Morgan fingerprint density at radius 1 is 1.50 bits per heavy atom. The molecule has 0 spiro atoms. The maximum absolute atomic E-state index is 10.8. The summed E-state index contributed by atoms with van der Waals surface area (Å²) < 4.78 is 5.32. The Bertz CT molecular complexity index is 299. The zero-order chi connectivity index (χ0) is 10.4. The number of aldehydes is 1. The van der Waals surface area contributed by atoms with Gasteiger partial charge in [0.2, 0.25) is 0 Å². The Balaban J connectivity index is 2.95.